The Kier molecular flexibility index (Phi) is 7.53. The molecular formula is C15H21F3O3. The van der Waals surface area contributed by atoms with Crippen molar-refractivity contribution in [1.82, 2.24) is 0 Å². The highest BCUT2D eigenvalue weighted by Crippen LogP contribution is 2.23. The summed E-state index contributed by atoms with van der Waals surface area (Å²) in [6, 6.07) is 7.51. The molecule has 120 valence electrons. The Morgan fingerprint density at radius 1 is 1.24 bits per heavy atom. The fraction of sp³-hybridized carbons (Fsp3) is 0.600. The molecule has 6 heteroatoms. The first-order chi connectivity index (χ1) is 9.96. The second kappa shape index (κ2) is 8.89. The van der Waals surface area contributed by atoms with E-state index in [2.05, 4.69) is 4.74 Å². The molecule has 21 heavy (non-hydrogen) atoms. The summed E-state index contributed by atoms with van der Waals surface area (Å²) in [6.45, 7) is -1.19. The zero-order valence-corrected chi connectivity index (χ0v) is 12.0. The van der Waals surface area contributed by atoms with Crippen LogP contribution in [0.1, 0.15) is 18.4 Å². The number of ether oxygens (including phenoxy) is 2. The molecule has 0 amide bonds. The molecule has 1 unspecified atom stereocenters. The number of halogens is 3. The zero-order chi connectivity index (χ0) is 15.7. The minimum atomic E-state index is -4.28. The van der Waals surface area contributed by atoms with Crippen LogP contribution in [0.25, 0.3) is 0 Å². The van der Waals surface area contributed by atoms with Crippen molar-refractivity contribution in [3.05, 3.63) is 29.8 Å². The van der Waals surface area contributed by atoms with Crippen LogP contribution in [0, 0.1) is 5.92 Å². The van der Waals surface area contributed by atoms with Crippen LogP contribution in [0.3, 0.4) is 0 Å². The molecule has 1 atom stereocenters. The van der Waals surface area contributed by atoms with Gasteiger partial charge >= 0.3 is 6.18 Å². The molecule has 0 radical (unpaired) electrons. The molecular weight excluding hydrogens is 285 g/mol. The molecule has 0 aliphatic heterocycles. The number of alkyl halides is 3. The second-order valence-corrected chi connectivity index (χ2v) is 4.87. The van der Waals surface area contributed by atoms with Gasteiger partial charge in [-0.25, -0.2) is 0 Å². The van der Waals surface area contributed by atoms with Gasteiger partial charge in [-0.1, -0.05) is 18.2 Å². The van der Waals surface area contributed by atoms with E-state index in [9.17, 15) is 18.3 Å². The molecule has 0 fully saturated rings. The number of methoxy groups -OCH3 is 1. The van der Waals surface area contributed by atoms with Gasteiger partial charge in [0.2, 0.25) is 0 Å². The fourth-order valence-corrected chi connectivity index (χ4v) is 2.10. The van der Waals surface area contributed by atoms with Crippen LogP contribution >= 0.6 is 0 Å². The Labute approximate surface area is 122 Å². The molecule has 0 aliphatic rings. The SMILES string of the molecule is COc1ccccc1CC(CO)CCCOCC(F)(F)F. The molecule has 0 saturated heterocycles. The predicted molar refractivity (Wildman–Crippen MR) is 73.4 cm³/mol. The Balaban J connectivity index is 2.35. The van der Waals surface area contributed by atoms with Gasteiger partial charge in [-0.15, -0.1) is 0 Å². The minimum absolute atomic E-state index is 0.0165. The van der Waals surface area contributed by atoms with Gasteiger partial charge in [0.15, 0.2) is 0 Å². The van der Waals surface area contributed by atoms with E-state index in [4.69, 9.17) is 4.74 Å². The highest BCUT2D eigenvalue weighted by Gasteiger charge is 2.27. The van der Waals surface area contributed by atoms with Crippen molar-refractivity contribution >= 4 is 0 Å². The van der Waals surface area contributed by atoms with Gasteiger partial charge in [0.1, 0.15) is 12.4 Å². The summed E-state index contributed by atoms with van der Waals surface area (Å²) in [5.41, 5.74) is 0.982. The summed E-state index contributed by atoms with van der Waals surface area (Å²) in [7, 11) is 1.58. The third-order valence-corrected chi connectivity index (χ3v) is 3.13. The van der Waals surface area contributed by atoms with E-state index in [0.717, 1.165) is 11.3 Å². The molecule has 1 aromatic carbocycles. The van der Waals surface area contributed by atoms with Gasteiger partial charge in [0, 0.05) is 13.2 Å². The van der Waals surface area contributed by atoms with E-state index in [1.54, 1.807) is 7.11 Å². The molecule has 3 nitrogen and oxygen atoms in total. The smallest absolute Gasteiger partial charge is 0.411 e. The maximum atomic E-state index is 11.9. The van der Waals surface area contributed by atoms with Crippen LogP contribution in [0.15, 0.2) is 24.3 Å². The average Bonchev–Trinajstić information content (AvgIpc) is 2.45. The third-order valence-electron chi connectivity index (χ3n) is 3.13. The molecule has 1 aromatic rings. The summed E-state index contributed by atoms with van der Waals surface area (Å²) < 4.78 is 45.5. The van der Waals surface area contributed by atoms with Crippen molar-refractivity contribution in [2.75, 3.05) is 26.9 Å². The minimum Gasteiger partial charge on any atom is -0.496 e. The highest BCUT2D eigenvalue weighted by atomic mass is 19.4. The lowest BCUT2D eigenvalue weighted by atomic mass is 9.95. The summed E-state index contributed by atoms with van der Waals surface area (Å²) in [4.78, 5) is 0. The molecule has 0 heterocycles. The van der Waals surface area contributed by atoms with Gasteiger partial charge in [0.25, 0.3) is 0 Å². The van der Waals surface area contributed by atoms with E-state index < -0.39 is 12.8 Å². The lowest BCUT2D eigenvalue weighted by molar-refractivity contribution is -0.174. The molecule has 0 bridgehead atoms. The van der Waals surface area contributed by atoms with E-state index in [-0.39, 0.29) is 19.1 Å². The Morgan fingerprint density at radius 2 is 1.95 bits per heavy atom. The van der Waals surface area contributed by atoms with Crippen LogP contribution in [-0.2, 0) is 11.2 Å². The summed E-state index contributed by atoms with van der Waals surface area (Å²) in [5.74, 6) is 0.736. The maximum absolute atomic E-state index is 11.9. The zero-order valence-electron chi connectivity index (χ0n) is 12.0. The molecule has 1 rings (SSSR count). The number of benzene rings is 1. The van der Waals surface area contributed by atoms with E-state index in [1.165, 1.54) is 0 Å². The molecule has 0 aromatic heterocycles. The lowest BCUT2D eigenvalue weighted by Crippen LogP contribution is -2.18. The van der Waals surface area contributed by atoms with Crippen molar-refractivity contribution in [2.24, 2.45) is 5.92 Å². The normalized spacial score (nSPS) is 13.2. The highest BCUT2D eigenvalue weighted by molar-refractivity contribution is 5.33. The van der Waals surface area contributed by atoms with Crippen molar-refractivity contribution in [3.63, 3.8) is 0 Å². The Bertz CT molecular complexity index is 407. The monoisotopic (exact) mass is 306 g/mol. The lowest BCUT2D eigenvalue weighted by Gasteiger charge is -2.16. The van der Waals surface area contributed by atoms with Gasteiger partial charge in [0.05, 0.1) is 7.11 Å². The maximum Gasteiger partial charge on any atom is 0.411 e. The van der Waals surface area contributed by atoms with Gasteiger partial charge in [-0.3, -0.25) is 0 Å². The van der Waals surface area contributed by atoms with Crippen molar-refractivity contribution in [3.8, 4) is 5.75 Å². The van der Waals surface area contributed by atoms with Crippen LogP contribution in [0.5, 0.6) is 5.75 Å². The number of hydrogen-bond acceptors (Lipinski definition) is 3. The first-order valence-corrected chi connectivity index (χ1v) is 6.83. The van der Waals surface area contributed by atoms with E-state index in [0.29, 0.717) is 19.3 Å². The topological polar surface area (TPSA) is 38.7 Å². The molecule has 0 spiro atoms. The summed E-state index contributed by atoms with van der Waals surface area (Å²) in [6.07, 6.45) is -2.57. The van der Waals surface area contributed by atoms with E-state index in [1.807, 2.05) is 24.3 Å². The van der Waals surface area contributed by atoms with Crippen LogP contribution in [0.4, 0.5) is 13.2 Å². The summed E-state index contributed by atoms with van der Waals surface area (Å²) >= 11 is 0. The molecule has 1 N–H and O–H groups in total. The Morgan fingerprint density at radius 3 is 2.57 bits per heavy atom. The van der Waals surface area contributed by atoms with Crippen molar-refractivity contribution in [1.29, 1.82) is 0 Å². The number of para-hydroxylation sites is 1. The van der Waals surface area contributed by atoms with E-state index >= 15 is 0 Å². The van der Waals surface area contributed by atoms with Gasteiger partial charge < -0.3 is 14.6 Å². The predicted octanol–water partition coefficient (Wildman–Crippen LogP) is 3.21. The standard InChI is InChI=1S/C15H21F3O3/c1-20-14-7-3-2-6-13(14)9-12(10-19)5-4-8-21-11-15(16,17)18/h2-3,6-7,12,19H,4-5,8-11H2,1H3. The number of hydrogen-bond donors (Lipinski definition) is 1. The van der Waals surface area contributed by atoms with Crippen LogP contribution in [-0.4, -0.2) is 38.2 Å². The molecule has 0 saturated carbocycles. The molecule has 0 aliphatic carbocycles. The average molecular weight is 306 g/mol. The van der Waals surface area contributed by atoms with Crippen LogP contribution in [0.2, 0.25) is 0 Å². The number of aliphatic hydroxyl groups is 1. The van der Waals surface area contributed by atoms with Gasteiger partial charge in [-0.05, 0) is 36.8 Å². The number of rotatable bonds is 9. The van der Waals surface area contributed by atoms with Gasteiger partial charge in [-0.2, -0.15) is 13.2 Å². The summed E-state index contributed by atoms with van der Waals surface area (Å²) in [5, 5.41) is 9.38. The first-order valence-electron chi connectivity index (χ1n) is 6.83. The van der Waals surface area contributed by atoms with Crippen LogP contribution < -0.4 is 4.74 Å². The number of aliphatic hydroxyl groups excluding tert-OH is 1. The Hall–Kier alpha value is -1.27. The fourth-order valence-electron chi connectivity index (χ4n) is 2.10. The second-order valence-electron chi connectivity index (χ2n) is 4.87. The largest absolute Gasteiger partial charge is 0.496 e. The van der Waals surface area contributed by atoms with Crippen molar-refractivity contribution < 1.29 is 27.8 Å². The quantitative estimate of drug-likeness (QED) is 0.712. The first kappa shape index (κ1) is 17.8. The third kappa shape index (κ3) is 7.34. The van der Waals surface area contributed by atoms with Crippen molar-refractivity contribution in [2.45, 2.75) is 25.4 Å².